The molecule has 0 fully saturated rings. The summed E-state index contributed by atoms with van der Waals surface area (Å²) in [5.41, 5.74) is 0. The van der Waals surface area contributed by atoms with Crippen LogP contribution in [0.25, 0.3) is 0 Å². The van der Waals surface area contributed by atoms with E-state index in [0.717, 1.165) is 5.75 Å². The van der Waals surface area contributed by atoms with Crippen LogP contribution in [0.3, 0.4) is 0 Å². The first-order chi connectivity index (χ1) is 3.41. The Morgan fingerprint density at radius 2 is 2.57 bits per heavy atom. The molecule has 0 bridgehead atoms. The van der Waals surface area contributed by atoms with Gasteiger partial charge in [-0.15, -0.1) is 0 Å². The number of rotatable bonds is 3. The number of thioether (sulfide) groups is 1. The van der Waals surface area contributed by atoms with Crippen LogP contribution in [-0.2, 0) is 4.84 Å². The lowest BCUT2D eigenvalue weighted by Crippen LogP contribution is -1.77. The molecule has 0 unspecified atom stereocenters. The van der Waals surface area contributed by atoms with E-state index in [2.05, 4.69) is 9.99 Å². The molecule has 0 radical (unpaired) electrons. The van der Waals surface area contributed by atoms with Crippen LogP contribution >= 0.6 is 11.8 Å². The topological polar surface area (TPSA) is 21.6 Å². The molecule has 3 heteroatoms. The van der Waals surface area contributed by atoms with E-state index in [-0.39, 0.29) is 0 Å². The highest BCUT2D eigenvalue weighted by atomic mass is 32.2. The van der Waals surface area contributed by atoms with Gasteiger partial charge in [-0.2, -0.15) is 11.8 Å². The van der Waals surface area contributed by atoms with E-state index >= 15 is 0 Å². The molecule has 0 atom stereocenters. The smallest absolute Gasteiger partial charge is 0.106 e. The van der Waals surface area contributed by atoms with Crippen LogP contribution in [0.1, 0.15) is 0 Å². The number of nitrogens with zero attached hydrogens (tertiary/aromatic N) is 1. The number of hydrogen-bond donors (Lipinski definition) is 0. The minimum absolute atomic E-state index is 0.924. The molecule has 0 heterocycles. The molecular formula is C4H9NOS. The molecule has 0 aliphatic heterocycles. The minimum atomic E-state index is 0.924. The summed E-state index contributed by atoms with van der Waals surface area (Å²) in [6, 6.07) is 0. The molecule has 0 rings (SSSR count). The lowest BCUT2D eigenvalue weighted by Gasteiger charge is -1.82. The van der Waals surface area contributed by atoms with Crippen LogP contribution in [-0.4, -0.2) is 25.3 Å². The molecule has 0 saturated heterocycles. The zero-order valence-electron chi connectivity index (χ0n) is 4.55. The largest absolute Gasteiger partial charge is 0.399 e. The van der Waals surface area contributed by atoms with E-state index in [0.29, 0.717) is 0 Å². The molecule has 0 amide bonds. The maximum absolute atomic E-state index is 4.40. The zero-order chi connectivity index (χ0) is 5.54. The molecule has 0 N–H and O–H groups in total. The molecule has 0 aliphatic carbocycles. The van der Waals surface area contributed by atoms with Crippen molar-refractivity contribution in [3.63, 3.8) is 0 Å². The Bertz CT molecular complexity index is 55.7. The highest BCUT2D eigenvalue weighted by Crippen LogP contribution is 1.84. The summed E-state index contributed by atoms with van der Waals surface area (Å²) in [7, 11) is 1.54. The molecule has 0 aromatic rings. The van der Waals surface area contributed by atoms with E-state index in [1.807, 2.05) is 6.26 Å². The fraction of sp³-hybridized carbons (Fsp3) is 0.750. The SMILES string of the molecule is CO/N=C/CSC. The highest BCUT2D eigenvalue weighted by Gasteiger charge is 1.69. The second-order valence-corrected chi connectivity index (χ2v) is 1.84. The maximum atomic E-state index is 4.40. The van der Waals surface area contributed by atoms with Crippen LogP contribution in [0.2, 0.25) is 0 Å². The molecule has 2 nitrogen and oxygen atoms in total. The van der Waals surface area contributed by atoms with E-state index < -0.39 is 0 Å². The van der Waals surface area contributed by atoms with Crippen molar-refractivity contribution in [3.05, 3.63) is 0 Å². The van der Waals surface area contributed by atoms with E-state index in [1.54, 1.807) is 18.0 Å². The van der Waals surface area contributed by atoms with Crippen LogP contribution in [0, 0.1) is 0 Å². The third-order valence-corrected chi connectivity index (χ3v) is 0.904. The molecule has 0 aliphatic rings. The van der Waals surface area contributed by atoms with Gasteiger partial charge in [-0.05, 0) is 6.26 Å². The van der Waals surface area contributed by atoms with E-state index in [1.165, 1.54) is 7.11 Å². The Hall–Kier alpha value is -0.180. The predicted octanol–water partition coefficient (Wildman–Crippen LogP) is 0.982. The first kappa shape index (κ1) is 6.82. The normalized spacial score (nSPS) is 10.0. The van der Waals surface area contributed by atoms with Crippen LogP contribution in [0.15, 0.2) is 5.16 Å². The fourth-order valence-electron chi connectivity index (χ4n) is 0.180. The summed E-state index contributed by atoms with van der Waals surface area (Å²) >= 11 is 1.71. The quantitative estimate of drug-likeness (QED) is 0.408. The fourth-order valence-corrected chi connectivity index (χ4v) is 0.389. The first-order valence-electron chi connectivity index (χ1n) is 1.95. The molecule has 0 saturated carbocycles. The van der Waals surface area contributed by atoms with Gasteiger partial charge in [0.1, 0.15) is 7.11 Å². The average molecular weight is 119 g/mol. The average Bonchev–Trinajstić information content (AvgIpc) is 1.69. The van der Waals surface area contributed by atoms with Gasteiger partial charge < -0.3 is 4.84 Å². The second-order valence-electron chi connectivity index (χ2n) is 0.926. The Morgan fingerprint density at radius 1 is 1.86 bits per heavy atom. The predicted molar refractivity (Wildman–Crippen MR) is 33.9 cm³/mol. The lowest BCUT2D eigenvalue weighted by atomic mass is 10.9. The molecule has 42 valence electrons. The van der Waals surface area contributed by atoms with Gasteiger partial charge in [0.15, 0.2) is 0 Å². The van der Waals surface area contributed by atoms with Crippen molar-refractivity contribution in [3.8, 4) is 0 Å². The lowest BCUT2D eigenvalue weighted by molar-refractivity contribution is 0.215. The standard InChI is InChI=1S/C4H9NOS/c1-6-5-3-4-7-2/h3H,4H2,1-2H3/b5-3+. The Kier molecular flexibility index (Phi) is 5.67. The highest BCUT2D eigenvalue weighted by molar-refractivity contribution is 7.99. The van der Waals surface area contributed by atoms with Crippen molar-refractivity contribution in [2.24, 2.45) is 5.16 Å². The molecule has 0 aromatic carbocycles. The van der Waals surface area contributed by atoms with Crippen molar-refractivity contribution in [2.75, 3.05) is 19.1 Å². The maximum Gasteiger partial charge on any atom is 0.106 e. The van der Waals surface area contributed by atoms with Gasteiger partial charge >= 0.3 is 0 Å². The summed E-state index contributed by atoms with van der Waals surface area (Å²) in [5.74, 6) is 0.924. The summed E-state index contributed by atoms with van der Waals surface area (Å²) in [4.78, 5) is 4.40. The van der Waals surface area contributed by atoms with Gasteiger partial charge in [0.25, 0.3) is 0 Å². The number of oxime groups is 1. The van der Waals surface area contributed by atoms with Crippen molar-refractivity contribution in [2.45, 2.75) is 0 Å². The van der Waals surface area contributed by atoms with E-state index in [9.17, 15) is 0 Å². The third-order valence-electron chi connectivity index (χ3n) is 0.421. The Morgan fingerprint density at radius 3 is 3.00 bits per heavy atom. The van der Waals surface area contributed by atoms with Crippen molar-refractivity contribution in [1.82, 2.24) is 0 Å². The zero-order valence-corrected chi connectivity index (χ0v) is 5.36. The van der Waals surface area contributed by atoms with Crippen molar-refractivity contribution >= 4 is 18.0 Å². The molecule has 0 spiro atoms. The van der Waals surface area contributed by atoms with Gasteiger partial charge in [-0.3, -0.25) is 0 Å². The van der Waals surface area contributed by atoms with Gasteiger partial charge in [0.05, 0.1) is 6.21 Å². The van der Waals surface area contributed by atoms with Gasteiger partial charge in [0, 0.05) is 5.75 Å². The summed E-state index contributed by atoms with van der Waals surface area (Å²) in [5, 5.41) is 3.52. The van der Waals surface area contributed by atoms with E-state index in [4.69, 9.17) is 0 Å². The van der Waals surface area contributed by atoms with Gasteiger partial charge in [0.2, 0.25) is 0 Å². The van der Waals surface area contributed by atoms with Gasteiger partial charge in [-0.25, -0.2) is 0 Å². The van der Waals surface area contributed by atoms with Crippen LogP contribution < -0.4 is 0 Å². The second kappa shape index (κ2) is 5.82. The summed E-state index contributed by atoms with van der Waals surface area (Å²) in [6.45, 7) is 0. The van der Waals surface area contributed by atoms with Gasteiger partial charge in [-0.1, -0.05) is 5.16 Å². The summed E-state index contributed by atoms with van der Waals surface area (Å²) < 4.78 is 0. The number of hydrogen-bond acceptors (Lipinski definition) is 3. The Labute approximate surface area is 47.9 Å². The summed E-state index contributed by atoms with van der Waals surface area (Å²) in [6.07, 6.45) is 3.74. The molecule has 0 aromatic heterocycles. The molecule has 7 heavy (non-hydrogen) atoms. The Balaban J connectivity index is 2.78. The first-order valence-corrected chi connectivity index (χ1v) is 3.35. The molecular weight excluding hydrogens is 110 g/mol. The monoisotopic (exact) mass is 119 g/mol. The van der Waals surface area contributed by atoms with Crippen molar-refractivity contribution in [1.29, 1.82) is 0 Å². The van der Waals surface area contributed by atoms with Crippen LogP contribution in [0.4, 0.5) is 0 Å². The van der Waals surface area contributed by atoms with Crippen molar-refractivity contribution < 1.29 is 4.84 Å². The van der Waals surface area contributed by atoms with Crippen LogP contribution in [0.5, 0.6) is 0 Å². The third kappa shape index (κ3) is 5.82. The minimum Gasteiger partial charge on any atom is -0.399 e.